The van der Waals surface area contributed by atoms with Crippen LogP contribution in [-0.2, 0) is 0 Å². The minimum Gasteiger partial charge on any atom is -0.314 e. The van der Waals surface area contributed by atoms with Crippen molar-refractivity contribution in [3.05, 3.63) is 12.7 Å². The average molecular weight is 196 g/mol. The Hall–Kier alpha value is -0.340. The predicted octanol–water partition coefficient (Wildman–Crippen LogP) is 2.02. The Balaban J connectivity index is 2.12. The molecule has 0 aliphatic carbocycles. The molecular formula is C12H24N2. The lowest BCUT2D eigenvalue weighted by Crippen LogP contribution is -2.45. The van der Waals surface area contributed by atoms with Crippen LogP contribution in [0.5, 0.6) is 0 Å². The van der Waals surface area contributed by atoms with Gasteiger partial charge in [0.25, 0.3) is 0 Å². The second kappa shape index (κ2) is 6.20. The van der Waals surface area contributed by atoms with Gasteiger partial charge in [-0.3, -0.25) is 0 Å². The molecule has 0 spiro atoms. The summed E-state index contributed by atoms with van der Waals surface area (Å²) in [5.41, 5.74) is 0. The Morgan fingerprint density at radius 1 is 1.43 bits per heavy atom. The molecule has 1 heterocycles. The maximum atomic E-state index is 3.73. The van der Waals surface area contributed by atoms with Crippen molar-refractivity contribution < 1.29 is 0 Å². The quantitative estimate of drug-likeness (QED) is 0.534. The zero-order valence-electron chi connectivity index (χ0n) is 9.63. The van der Waals surface area contributed by atoms with Crippen LogP contribution in [0.25, 0.3) is 0 Å². The highest BCUT2D eigenvalue weighted by Crippen LogP contribution is 2.12. The summed E-state index contributed by atoms with van der Waals surface area (Å²) in [6.07, 6.45) is 5.67. The van der Waals surface area contributed by atoms with E-state index in [0.717, 1.165) is 19.0 Å². The number of nitrogens with zero attached hydrogens (tertiary/aromatic N) is 1. The van der Waals surface area contributed by atoms with E-state index in [9.17, 15) is 0 Å². The lowest BCUT2D eigenvalue weighted by atomic mass is 10.0. The fourth-order valence-corrected chi connectivity index (χ4v) is 2.01. The summed E-state index contributed by atoms with van der Waals surface area (Å²) in [5, 5.41) is 3.58. The largest absolute Gasteiger partial charge is 0.314 e. The SMILES string of the molecule is C=CCCNC1CCN(C(C)C)CC1. The Morgan fingerprint density at radius 2 is 2.07 bits per heavy atom. The molecule has 0 amide bonds. The molecule has 1 N–H and O–H groups in total. The van der Waals surface area contributed by atoms with Crippen molar-refractivity contribution in [2.75, 3.05) is 19.6 Å². The lowest BCUT2D eigenvalue weighted by Gasteiger charge is -2.34. The van der Waals surface area contributed by atoms with Crippen molar-refractivity contribution in [2.24, 2.45) is 0 Å². The van der Waals surface area contributed by atoms with Crippen LogP contribution in [0.4, 0.5) is 0 Å². The zero-order valence-corrected chi connectivity index (χ0v) is 9.63. The second-order valence-electron chi connectivity index (χ2n) is 4.44. The van der Waals surface area contributed by atoms with Gasteiger partial charge in [0.05, 0.1) is 0 Å². The van der Waals surface area contributed by atoms with Gasteiger partial charge in [-0.15, -0.1) is 6.58 Å². The van der Waals surface area contributed by atoms with E-state index in [1.54, 1.807) is 0 Å². The molecule has 1 rings (SSSR count). The highest BCUT2D eigenvalue weighted by Gasteiger charge is 2.19. The van der Waals surface area contributed by atoms with Gasteiger partial charge in [-0.1, -0.05) is 6.08 Å². The third kappa shape index (κ3) is 3.81. The van der Waals surface area contributed by atoms with Crippen LogP contribution in [0, 0.1) is 0 Å². The number of rotatable bonds is 5. The van der Waals surface area contributed by atoms with Crippen molar-refractivity contribution >= 4 is 0 Å². The normalized spacial score (nSPS) is 20.2. The minimum absolute atomic E-state index is 0.712. The maximum Gasteiger partial charge on any atom is 0.00915 e. The van der Waals surface area contributed by atoms with Crippen molar-refractivity contribution in [2.45, 2.75) is 45.2 Å². The third-order valence-electron chi connectivity index (χ3n) is 3.04. The third-order valence-corrected chi connectivity index (χ3v) is 3.04. The summed E-state index contributed by atoms with van der Waals surface area (Å²) < 4.78 is 0. The van der Waals surface area contributed by atoms with Gasteiger partial charge in [0.1, 0.15) is 0 Å². The van der Waals surface area contributed by atoms with Crippen molar-refractivity contribution in [1.82, 2.24) is 10.2 Å². The molecule has 1 saturated heterocycles. The lowest BCUT2D eigenvalue weighted by molar-refractivity contribution is 0.161. The monoisotopic (exact) mass is 196 g/mol. The molecule has 0 saturated carbocycles. The van der Waals surface area contributed by atoms with E-state index >= 15 is 0 Å². The summed E-state index contributed by atoms with van der Waals surface area (Å²) in [7, 11) is 0. The van der Waals surface area contributed by atoms with E-state index in [1.807, 2.05) is 6.08 Å². The average Bonchev–Trinajstić information content (AvgIpc) is 2.19. The van der Waals surface area contributed by atoms with Crippen LogP contribution >= 0.6 is 0 Å². The van der Waals surface area contributed by atoms with Gasteiger partial charge in [-0.25, -0.2) is 0 Å². The van der Waals surface area contributed by atoms with Crippen LogP contribution in [0.2, 0.25) is 0 Å². The number of nitrogens with one attached hydrogen (secondary N) is 1. The summed E-state index contributed by atoms with van der Waals surface area (Å²) in [4.78, 5) is 2.56. The first-order valence-electron chi connectivity index (χ1n) is 5.82. The van der Waals surface area contributed by atoms with E-state index in [0.29, 0.717) is 6.04 Å². The van der Waals surface area contributed by atoms with Crippen LogP contribution in [0.15, 0.2) is 12.7 Å². The topological polar surface area (TPSA) is 15.3 Å². The van der Waals surface area contributed by atoms with Gasteiger partial charge >= 0.3 is 0 Å². The van der Waals surface area contributed by atoms with Crippen molar-refractivity contribution in [1.29, 1.82) is 0 Å². The van der Waals surface area contributed by atoms with Gasteiger partial charge in [0.15, 0.2) is 0 Å². The molecule has 82 valence electrons. The van der Waals surface area contributed by atoms with Crippen LogP contribution < -0.4 is 5.32 Å². The molecule has 0 aromatic rings. The molecule has 2 heteroatoms. The first kappa shape index (κ1) is 11.7. The number of hydrogen-bond acceptors (Lipinski definition) is 2. The fraction of sp³-hybridized carbons (Fsp3) is 0.833. The van der Waals surface area contributed by atoms with Crippen molar-refractivity contribution in [3.8, 4) is 0 Å². The van der Waals surface area contributed by atoms with Crippen LogP contribution in [0.1, 0.15) is 33.1 Å². The van der Waals surface area contributed by atoms with E-state index in [-0.39, 0.29) is 0 Å². The molecule has 2 nitrogen and oxygen atoms in total. The van der Waals surface area contributed by atoms with E-state index in [4.69, 9.17) is 0 Å². The summed E-state index contributed by atoms with van der Waals surface area (Å²) in [6.45, 7) is 11.9. The molecule has 0 radical (unpaired) electrons. The smallest absolute Gasteiger partial charge is 0.00915 e. The molecular weight excluding hydrogens is 172 g/mol. The van der Waals surface area contributed by atoms with Crippen LogP contribution in [-0.4, -0.2) is 36.6 Å². The molecule has 0 aromatic carbocycles. The van der Waals surface area contributed by atoms with Gasteiger partial charge in [0.2, 0.25) is 0 Å². The molecule has 0 bridgehead atoms. The predicted molar refractivity (Wildman–Crippen MR) is 62.5 cm³/mol. The Morgan fingerprint density at radius 3 is 2.57 bits per heavy atom. The molecule has 1 aliphatic rings. The zero-order chi connectivity index (χ0) is 10.4. The minimum atomic E-state index is 0.712. The summed E-state index contributed by atoms with van der Waals surface area (Å²) >= 11 is 0. The number of likely N-dealkylation sites (tertiary alicyclic amines) is 1. The highest BCUT2D eigenvalue weighted by molar-refractivity contribution is 4.79. The van der Waals surface area contributed by atoms with E-state index in [1.165, 1.54) is 25.9 Å². The molecule has 0 aromatic heterocycles. The molecule has 14 heavy (non-hydrogen) atoms. The van der Waals surface area contributed by atoms with Crippen molar-refractivity contribution in [3.63, 3.8) is 0 Å². The van der Waals surface area contributed by atoms with Crippen LogP contribution in [0.3, 0.4) is 0 Å². The standard InChI is InChI=1S/C12H24N2/c1-4-5-8-13-12-6-9-14(10-7-12)11(2)3/h4,11-13H,1,5-10H2,2-3H3. The fourth-order valence-electron chi connectivity index (χ4n) is 2.01. The second-order valence-corrected chi connectivity index (χ2v) is 4.44. The first-order valence-corrected chi connectivity index (χ1v) is 5.82. The highest BCUT2D eigenvalue weighted by atomic mass is 15.2. The summed E-state index contributed by atoms with van der Waals surface area (Å²) in [5.74, 6) is 0. The van der Waals surface area contributed by atoms with Gasteiger partial charge in [-0.05, 0) is 52.7 Å². The first-order chi connectivity index (χ1) is 6.74. The Labute approximate surface area is 88.4 Å². The van der Waals surface area contributed by atoms with Gasteiger partial charge < -0.3 is 10.2 Å². The van der Waals surface area contributed by atoms with E-state index < -0.39 is 0 Å². The Bertz CT molecular complexity index is 158. The maximum absolute atomic E-state index is 3.73. The summed E-state index contributed by atoms with van der Waals surface area (Å²) in [6, 6.07) is 1.45. The number of hydrogen-bond donors (Lipinski definition) is 1. The number of piperidine rings is 1. The van der Waals surface area contributed by atoms with E-state index in [2.05, 4.69) is 30.6 Å². The molecule has 1 aliphatic heterocycles. The van der Waals surface area contributed by atoms with Gasteiger partial charge in [0, 0.05) is 12.1 Å². The Kier molecular flexibility index (Phi) is 5.20. The van der Waals surface area contributed by atoms with Gasteiger partial charge in [-0.2, -0.15) is 0 Å². The molecule has 1 fully saturated rings. The molecule has 0 unspecified atom stereocenters. The molecule has 0 atom stereocenters.